The number of anilines is 1. The zero-order valence-corrected chi connectivity index (χ0v) is 19.7. The molecule has 6 rings (SSSR count). The molecule has 0 atom stereocenters. The number of allylic oxidation sites excluding steroid dienone is 2. The Labute approximate surface area is 201 Å². The maximum atomic E-state index is 12.7. The van der Waals surface area contributed by atoms with Crippen molar-refractivity contribution in [3.05, 3.63) is 77.3 Å². The molecule has 3 heterocycles. The molecule has 1 saturated heterocycles. The average Bonchev–Trinajstić information content (AvgIpc) is 3.79. The van der Waals surface area contributed by atoms with Crippen molar-refractivity contribution in [2.75, 3.05) is 31.1 Å². The lowest BCUT2D eigenvalue weighted by Gasteiger charge is -2.29. The number of hydrogen-bond acceptors (Lipinski definition) is 4. The van der Waals surface area contributed by atoms with Gasteiger partial charge in [-0.2, -0.15) is 5.10 Å². The third-order valence-corrected chi connectivity index (χ3v) is 7.33. The lowest BCUT2D eigenvalue weighted by molar-refractivity contribution is -0.115. The summed E-state index contributed by atoms with van der Waals surface area (Å²) in [5, 5.41) is 10.9. The van der Waals surface area contributed by atoms with Crippen LogP contribution < -0.4 is 10.2 Å². The standard InChI is InChI=1S/C28H33N5O/c34-28(7-4-16-32-14-1-2-15-32)29-26-13-12-24(23-6-3-5-22(17-23)20-8-9-20)19-33(26)27-18-25(30-31-27)21-10-11-21/h3-7,12-13,17-18,20-21H,1-2,8-11,14-16,19H2,(H,29,34)(H,30,31)/b7-4+. The van der Waals surface area contributed by atoms with Crippen molar-refractivity contribution < 1.29 is 4.79 Å². The van der Waals surface area contributed by atoms with Crippen LogP contribution in [-0.4, -0.2) is 47.2 Å². The van der Waals surface area contributed by atoms with Gasteiger partial charge in [-0.05, 0) is 80.3 Å². The normalized spacial score (nSPS) is 21.1. The number of hydrogen-bond donors (Lipinski definition) is 2. The highest BCUT2D eigenvalue weighted by atomic mass is 16.1. The Morgan fingerprint density at radius 2 is 1.91 bits per heavy atom. The Morgan fingerprint density at radius 3 is 2.71 bits per heavy atom. The molecule has 0 unspecified atom stereocenters. The Balaban J connectivity index is 1.22. The van der Waals surface area contributed by atoms with Gasteiger partial charge < -0.3 is 10.2 Å². The number of rotatable bonds is 8. The molecule has 1 aromatic carbocycles. The Hall–Kier alpha value is -3.12. The summed E-state index contributed by atoms with van der Waals surface area (Å²) in [4.78, 5) is 17.2. The van der Waals surface area contributed by atoms with Gasteiger partial charge in [0.05, 0.1) is 6.54 Å². The molecule has 2 saturated carbocycles. The average molecular weight is 456 g/mol. The lowest BCUT2D eigenvalue weighted by Crippen LogP contribution is -2.37. The van der Waals surface area contributed by atoms with Gasteiger partial charge in [0, 0.05) is 30.3 Å². The summed E-state index contributed by atoms with van der Waals surface area (Å²) < 4.78 is 0. The summed E-state index contributed by atoms with van der Waals surface area (Å²) >= 11 is 0. The van der Waals surface area contributed by atoms with Crippen LogP contribution in [0.1, 0.15) is 67.2 Å². The molecular weight excluding hydrogens is 422 g/mol. The number of benzene rings is 1. The van der Waals surface area contributed by atoms with Crippen LogP contribution in [0.25, 0.3) is 5.57 Å². The molecule has 34 heavy (non-hydrogen) atoms. The number of nitrogens with zero attached hydrogens (tertiary/aromatic N) is 3. The molecule has 0 radical (unpaired) electrons. The van der Waals surface area contributed by atoms with Crippen LogP contribution in [0.4, 0.5) is 5.82 Å². The lowest BCUT2D eigenvalue weighted by atomic mass is 9.99. The fourth-order valence-electron chi connectivity index (χ4n) is 5.00. The van der Waals surface area contributed by atoms with E-state index in [4.69, 9.17) is 0 Å². The summed E-state index contributed by atoms with van der Waals surface area (Å²) in [7, 11) is 0. The summed E-state index contributed by atoms with van der Waals surface area (Å²) in [6, 6.07) is 11.1. The van der Waals surface area contributed by atoms with Crippen LogP contribution in [0.15, 0.2) is 60.5 Å². The fraction of sp³-hybridized carbons (Fsp3) is 0.429. The maximum Gasteiger partial charge on any atom is 0.249 e. The number of nitrogens with one attached hydrogen (secondary N) is 2. The molecule has 0 spiro atoms. The van der Waals surface area contributed by atoms with E-state index in [1.165, 1.54) is 60.9 Å². The smallest absolute Gasteiger partial charge is 0.249 e. The second-order valence-corrected chi connectivity index (χ2v) is 10.1. The minimum atomic E-state index is -0.0963. The Morgan fingerprint density at radius 1 is 1.09 bits per heavy atom. The molecule has 4 aliphatic rings. The van der Waals surface area contributed by atoms with E-state index in [0.29, 0.717) is 12.5 Å². The number of carbonyl (C=O) groups excluding carboxylic acids is 1. The highest BCUT2D eigenvalue weighted by molar-refractivity contribution is 5.90. The summed E-state index contributed by atoms with van der Waals surface area (Å²) in [6.45, 7) is 3.76. The van der Waals surface area contributed by atoms with E-state index < -0.39 is 0 Å². The van der Waals surface area contributed by atoms with Gasteiger partial charge in [-0.1, -0.05) is 36.4 Å². The molecule has 2 aliphatic carbocycles. The van der Waals surface area contributed by atoms with Crippen molar-refractivity contribution >= 4 is 17.3 Å². The van der Waals surface area contributed by atoms with Crippen molar-refractivity contribution in [2.45, 2.75) is 50.4 Å². The largest absolute Gasteiger partial charge is 0.308 e. The quantitative estimate of drug-likeness (QED) is 0.568. The van der Waals surface area contributed by atoms with E-state index in [1.54, 1.807) is 6.08 Å². The third-order valence-electron chi connectivity index (χ3n) is 7.33. The highest BCUT2D eigenvalue weighted by Gasteiger charge is 2.29. The van der Waals surface area contributed by atoms with Gasteiger partial charge >= 0.3 is 0 Å². The SMILES string of the molecule is O=C(/C=C/CN1CCCC1)NC1=CC=C(c2cccc(C3CC3)c2)CN1c1cc(C2CC2)[nH]n1. The van der Waals surface area contributed by atoms with Gasteiger partial charge in [-0.25, -0.2) is 0 Å². The van der Waals surface area contributed by atoms with Gasteiger partial charge in [0.25, 0.3) is 0 Å². The van der Waals surface area contributed by atoms with Crippen LogP contribution in [0.5, 0.6) is 0 Å². The number of aromatic amines is 1. The van der Waals surface area contributed by atoms with Crippen molar-refractivity contribution in [1.29, 1.82) is 0 Å². The Kier molecular flexibility index (Phi) is 5.83. The second kappa shape index (κ2) is 9.26. The summed E-state index contributed by atoms with van der Waals surface area (Å²) in [5.74, 6) is 2.86. The van der Waals surface area contributed by atoms with E-state index >= 15 is 0 Å². The van der Waals surface area contributed by atoms with Crippen LogP contribution >= 0.6 is 0 Å². The number of carbonyl (C=O) groups is 1. The van der Waals surface area contributed by atoms with E-state index in [9.17, 15) is 4.79 Å². The monoisotopic (exact) mass is 455 g/mol. The fourth-order valence-corrected chi connectivity index (χ4v) is 5.00. The molecule has 1 aromatic heterocycles. The van der Waals surface area contributed by atoms with Gasteiger partial charge in [0.15, 0.2) is 5.82 Å². The first kappa shape index (κ1) is 21.4. The van der Waals surface area contributed by atoms with Crippen molar-refractivity contribution in [3.8, 4) is 0 Å². The predicted octanol–water partition coefficient (Wildman–Crippen LogP) is 4.68. The van der Waals surface area contributed by atoms with Crippen LogP contribution in [0.2, 0.25) is 0 Å². The van der Waals surface area contributed by atoms with Gasteiger partial charge in [0.2, 0.25) is 5.91 Å². The first-order valence-electron chi connectivity index (χ1n) is 12.8. The van der Waals surface area contributed by atoms with Crippen molar-refractivity contribution in [1.82, 2.24) is 20.4 Å². The van der Waals surface area contributed by atoms with Crippen LogP contribution in [-0.2, 0) is 4.79 Å². The number of aromatic nitrogens is 2. The number of H-pyrrole nitrogens is 1. The minimum absolute atomic E-state index is 0.0963. The minimum Gasteiger partial charge on any atom is -0.308 e. The van der Waals surface area contributed by atoms with Gasteiger partial charge in [-0.15, -0.1) is 0 Å². The molecular formula is C28H33N5O. The van der Waals surface area contributed by atoms with Gasteiger partial charge in [-0.3, -0.25) is 14.8 Å². The van der Waals surface area contributed by atoms with Gasteiger partial charge in [0.1, 0.15) is 5.82 Å². The predicted molar refractivity (Wildman–Crippen MR) is 135 cm³/mol. The Bertz CT molecular complexity index is 1150. The van der Waals surface area contributed by atoms with Crippen molar-refractivity contribution in [2.24, 2.45) is 0 Å². The molecule has 2 N–H and O–H groups in total. The van der Waals surface area contributed by atoms with E-state index in [2.05, 4.69) is 61.7 Å². The van der Waals surface area contributed by atoms with E-state index in [-0.39, 0.29) is 5.91 Å². The molecule has 2 aliphatic heterocycles. The summed E-state index contributed by atoms with van der Waals surface area (Å²) in [5.41, 5.74) is 5.12. The number of likely N-dealkylation sites (tertiary alicyclic amines) is 1. The van der Waals surface area contributed by atoms with E-state index in [1.807, 2.05) is 12.2 Å². The second-order valence-electron chi connectivity index (χ2n) is 10.1. The third kappa shape index (κ3) is 4.87. The van der Waals surface area contributed by atoms with E-state index in [0.717, 1.165) is 37.2 Å². The molecule has 6 nitrogen and oxygen atoms in total. The molecule has 6 heteroatoms. The first-order chi connectivity index (χ1) is 16.7. The molecule has 176 valence electrons. The highest BCUT2D eigenvalue weighted by Crippen LogP contribution is 2.42. The maximum absolute atomic E-state index is 12.7. The zero-order valence-electron chi connectivity index (χ0n) is 19.7. The number of amides is 1. The zero-order chi connectivity index (χ0) is 22.9. The molecule has 3 fully saturated rings. The topological polar surface area (TPSA) is 64.3 Å². The molecule has 1 amide bonds. The van der Waals surface area contributed by atoms with Crippen LogP contribution in [0, 0.1) is 0 Å². The first-order valence-corrected chi connectivity index (χ1v) is 12.8. The van der Waals surface area contributed by atoms with Crippen molar-refractivity contribution in [3.63, 3.8) is 0 Å². The summed E-state index contributed by atoms with van der Waals surface area (Å²) in [6.07, 6.45) is 15.3. The molecule has 2 aromatic rings. The van der Waals surface area contributed by atoms with Crippen LogP contribution in [0.3, 0.4) is 0 Å². The molecule has 0 bridgehead atoms.